The van der Waals surface area contributed by atoms with Gasteiger partial charge in [0.2, 0.25) is 5.75 Å². The monoisotopic (exact) mass is 406 g/mol. The molecule has 0 aromatic heterocycles. The minimum atomic E-state index is -1.63. The Labute approximate surface area is 160 Å². The number of aliphatic hydroxyl groups is 6. The van der Waals surface area contributed by atoms with Crippen LogP contribution in [0, 0.1) is 0 Å². The van der Waals surface area contributed by atoms with E-state index < -0.39 is 56.1 Å². The predicted octanol–water partition coefficient (Wildman–Crippen LogP) is -2.38. The largest absolute Gasteiger partial charge is 0.502 e. The molecule has 7 atom stereocenters. The van der Waals surface area contributed by atoms with Crippen LogP contribution in [0.4, 0.5) is 0 Å². The van der Waals surface area contributed by atoms with Gasteiger partial charge in [0.1, 0.15) is 36.6 Å². The van der Waals surface area contributed by atoms with Crippen LogP contribution in [0.25, 0.3) is 0 Å². The Hall–Kier alpha value is -1.70. The van der Waals surface area contributed by atoms with Crippen molar-refractivity contribution >= 4 is 0 Å². The van der Waals surface area contributed by atoms with E-state index >= 15 is 0 Å². The SMILES string of the molecule is COc1cc(C(O)C(O)CO[C@@H]2O[C@H](CO)[C@@H](O)[C@H](O)[C@H]2O)cc(OC)c1O. The van der Waals surface area contributed by atoms with E-state index in [9.17, 15) is 30.6 Å². The highest BCUT2D eigenvalue weighted by Crippen LogP contribution is 2.39. The maximum atomic E-state index is 10.4. The summed E-state index contributed by atoms with van der Waals surface area (Å²) in [6.45, 7) is -1.14. The highest BCUT2D eigenvalue weighted by Gasteiger charge is 2.44. The smallest absolute Gasteiger partial charge is 0.200 e. The van der Waals surface area contributed by atoms with Crippen LogP contribution in [0.1, 0.15) is 11.7 Å². The second-order valence-corrected chi connectivity index (χ2v) is 6.32. The molecule has 0 radical (unpaired) electrons. The number of aliphatic hydroxyl groups excluding tert-OH is 6. The number of phenols is 1. The number of ether oxygens (including phenoxy) is 4. The summed E-state index contributed by atoms with van der Waals surface area (Å²) in [6.07, 6.45) is -10.4. The van der Waals surface area contributed by atoms with Crippen molar-refractivity contribution in [2.45, 2.75) is 42.9 Å². The first kappa shape index (κ1) is 22.6. The quantitative estimate of drug-likeness (QED) is 0.245. The first-order valence-electron chi connectivity index (χ1n) is 8.48. The topological polar surface area (TPSA) is 179 Å². The zero-order valence-corrected chi connectivity index (χ0v) is 15.4. The molecule has 0 aliphatic carbocycles. The summed E-state index contributed by atoms with van der Waals surface area (Å²) in [6, 6.07) is 2.61. The standard InChI is InChI=1S/C17H26O11/c1-25-9-3-7(4-10(26-2)13(9)21)12(20)8(19)6-27-17-16(24)15(23)14(22)11(5-18)28-17/h3-4,8,11-12,14-24H,5-6H2,1-2H3/t8?,11-,12?,14-,15+,16-,17-/m1/s1. The van der Waals surface area contributed by atoms with Gasteiger partial charge in [-0.05, 0) is 17.7 Å². The average molecular weight is 406 g/mol. The second kappa shape index (κ2) is 9.67. The number of rotatable bonds is 8. The average Bonchev–Trinajstić information content (AvgIpc) is 2.70. The second-order valence-electron chi connectivity index (χ2n) is 6.32. The minimum absolute atomic E-state index is 0.0236. The van der Waals surface area contributed by atoms with Gasteiger partial charge in [-0.2, -0.15) is 0 Å². The summed E-state index contributed by atoms with van der Waals surface area (Å²) in [7, 11) is 2.62. The van der Waals surface area contributed by atoms with Gasteiger partial charge in [-0.25, -0.2) is 0 Å². The van der Waals surface area contributed by atoms with E-state index in [1.54, 1.807) is 0 Å². The van der Waals surface area contributed by atoms with Crippen LogP contribution < -0.4 is 9.47 Å². The van der Waals surface area contributed by atoms with Crippen LogP contribution >= 0.6 is 0 Å². The normalized spacial score (nSPS) is 29.9. The first-order chi connectivity index (χ1) is 13.2. The van der Waals surface area contributed by atoms with Crippen LogP contribution in [0.2, 0.25) is 0 Å². The molecule has 0 bridgehead atoms. The fraction of sp³-hybridized carbons (Fsp3) is 0.647. The van der Waals surface area contributed by atoms with Gasteiger partial charge in [0.25, 0.3) is 0 Å². The van der Waals surface area contributed by atoms with E-state index in [1.807, 2.05) is 0 Å². The van der Waals surface area contributed by atoms with Gasteiger partial charge in [-0.15, -0.1) is 0 Å². The Balaban J connectivity index is 2.05. The van der Waals surface area contributed by atoms with Crippen molar-refractivity contribution in [3.63, 3.8) is 0 Å². The van der Waals surface area contributed by atoms with E-state index in [0.717, 1.165) is 0 Å². The van der Waals surface area contributed by atoms with E-state index in [0.29, 0.717) is 0 Å². The molecule has 2 rings (SSSR count). The maximum absolute atomic E-state index is 10.4. The zero-order valence-electron chi connectivity index (χ0n) is 15.4. The molecule has 1 aromatic carbocycles. The van der Waals surface area contributed by atoms with Crippen molar-refractivity contribution in [3.05, 3.63) is 17.7 Å². The Bertz CT molecular complexity index is 613. The molecule has 1 aromatic rings. The molecule has 1 heterocycles. The Morgan fingerprint density at radius 1 is 1.00 bits per heavy atom. The first-order valence-corrected chi connectivity index (χ1v) is 8.48. The van der Waals surface area contributed by atoms with Crippen LogP contribution in [-0.2, 0) is 9.47 Å². The Morgan fingerprint density at radius 3 is 2.07 bits per heavy atom. The van der Waals surface area contributed by atoms with Crippen molar-refractivity contribution in [2.75, 3.05) is 27.4 Å². The maximum Gasteiger partial charge on any atom is 0.200 e. The summed E-state index contributed by atoms with van der Waals surface area (Å²) >= 11 is 0. The number of methoxy groups -OCH3 is 2. The molecule has 160 valence electrons. The van der Waals surface area contributed by atoms with Gasteiger partial charge in [0, 0.05) is 0 Å². The fourth-order valence-electron chi connectivity index (χ4n) is 2.80. The molecule has 1 saturated heterocycles. The lowest BCUT2D eigenvalue weighted by molar-refractivity contribution is -0.306. The van der Waals surface area contributed by atoms with Gasteiger partial charge in [0.15, 0.2) is 17.8 Å². The molecule has 28 heavy (non-hydrogen) atoms. The van der Waals surface area contributed by atoms with Gasteiger partial charge in [-0.3, -0.25) is 0 Å². The van der Waals surface area contributed by atoms with E-state index in [1.165, 1.54) is 26.4 Å². The molecule has 0 spiro atoms. The summed E-state index contributed by atoms with van der Waals surface area (Å²) in [5.74, 6) is -0.223. The van der Waals surface area contributed by atoms with E-state index in [2.05, 4.69) is 0 Å². The predicted molar refractivity (Wildman–Crippen MR) is 91.9 cm³/mol. The summed E-state index contributed by atoms with van der Waals surface area (Å²) in [5.41, 5.74) is 0.163. The number of phenolic OH excluding ortho intramolecular Hbond substituents is 1. The van der Waals surface area contributed by atoms with Gasteiger partial charge >= 0.3 is 0 Å². The number of benzene rings is 1. The highest BCUT2D eigenvalue weighted by atomic mass is 16.7. The van der Waals surface area contributed by atoms with Crippen LogP contribution in [0.15, 0.2) is 12.1 Å². The van der Waals surface area contributed by atoms with Gasteiger partial charge in [-0.1, -0.05) is 0 Å². The van der Waals surface area contributed by atoms with Crippen molar-refractivity contribution in [2.24, 2.45) is 0 Å². The molecule has 11 nitrogen and oxygen atoms in total. The summed E-state index contributed by atoms with van der Waals surface area (Å²) in [4.78, 5) is 0. The van der Waals surface area contributed by atoms with E-state index in [-0.39, 0.29) is 22.8 Å². The highest BCUT2D eigenvalue weighted by molar-refractivity contribution is 5.53. The van der Waals surface area contributed by atoms with Crippen LogP contribution in [0.3, 0.4) is 0 Å². The zero-order chi connectivity index (χ0) is 21.0. The molecule has 7 N–H and O–H groups in total. The summed E-state index contributed by atoms with van der Waals surface area (Å²) in [5, 5.41) is 69.0. The van der Waals surface area contributed by atoms with Crippen LogP contribution in [0.5, 0.6) is 17.2 Å². The summed E-state index contributed by atoms with van der Waals surface area (Å²) < 4.78 is 20.4. The third-order valence-corrected chi connectivity index (χ3v) is 4.49. The molecule has 1 fully saturated rings. The Morgan fingerprint density at radius 2 is 1.57 bits per heavy atom. The number of hydrogen-bond donors (Lipinski definition) is 7. The third kappa shape index (κ3) is 4.64. The molecule has 11 heteroatoms. The number of hydrogen-bond acceptors (Lipinski definition) is 11. The molecular weight excluding hydrogens is 380 g/mol. The van der Waals surface area contributed by atoms with Gasteiger partial charge < -0.3 is 54.7 Å². The molecule has 1 aliphatic heterocycles. The lowest BCUT2D eigenvalue weighted by Gasteiger charge is -2.39. The molecule has 1 aliphatic rings. The molecule has 0 saturated carbocycles. The molecule has 2 unspecified atom stereocenters. The van der Waals surface area contributed by atoms with Crippen LogP contribution in [-0.4, -0.2) is 100.0 Å². The lowest BCUT2D eigenvalue weighted by atomic mass is 9.99. The molecule has 0 amide bonds. The van der Waals surface area contributed by atoms with E-state index in [4.69, 9.17) is 24.1 Å². The van der Waals surface area contributed by atoms with Crippen molar-refractivity contribution < 1.29 is 54.7 Å². The van der Waals surface area contributed by atoms with Crippen molar-refractivity contribution in [1.29, 1.82) is 0 Å². The lowest BCUT2D eigenvalue weighted by Crippen LogP contribution is -2.59. The number of aromatic hydroxyl groups is 1. The molecular formula is C17H26O11. The van der Waals surface area contributed by atoms with Gasteiger partial charge in [0.05, 0.1) is 27.4 Å². The third-order valence-electron chi connectivity index (χ3n) is 4.49. The van der Waals surface area contributed by atoms with Crippen molar-refractivity contribution in [3.8, 4) is 17.2 Å². The minimum Gasteiger partial charge on any atom is -0.502 e. The Kier molecular flexibility index (Phi) is 7.80. The van der Waals surface area contributed by atoms with Crippen molar-refractivity contribution in [1.82, 2.24) is 0 Å². The fourth-order valence-corrected chi connectivity index (χ4v) is 2.80.